The maximum Gasteiger partial charge on any atom is 0.417 e. The van der Waals surface area contributed by atoms with Gasteiger partial charge in [0.2, 0.25) is 10.0 Å². The minimum absolute atomic E-state index is 0.0677. The summed E-state index contributed by atoms with van der Waals surface area (Å²) in [7, 11) is -4.50. The third kappa shape index (κ3) is 3.96. The summed E-state index contributed by atoms with van der Waals surface area (Å²) in [5.74, 6) is -1.16. The number of hydrogen-bond acceptors (Lipinski definition) is 3. The molecule has 4 nitrogen and oxygen atoms in total. The maximum absolute atomic E-state index is 13.1. The van der Waals surface area contributed by atoms with Crippen molar-refractivity contribution >= 4 is 10.0 Å². The summed E-state index contributed by atoms with van der Waals surface area (Å²) < 4.78 is 78.8. The average Bonchev–Trinajstić information content (AvgIpc) is 2.43. The number of benzene rings is 1. The van der Waals surface area contributed by atoms with Gasteiger partial charge in [0.05, 0.1) is 10.5 Å². The molecule has 0 fully saturated rings. The van der Waals surface area contributed by atoms with Crippen molar-refractivity contribution in [3.8, 4) is 0 Å². The van der Waals surface area contributed by atoms with E-state index < -0.39 is 38.0 Å². The molecule has 0 saturated heterocycles. The van der Waals surface area contributed by atoms with Crippen LogP contribution < -0.4 is 10.5 Å². The van der Waals surface area contributed by atoms with Crippen LogP contribution in [0, 0.1) is 5.82 Å². The fourth-order valence-corrected chi connectivity index (χ4v) is 3.79. The van der Waals surface area contributed by atoms with E-state index in [2.05, 4.69) is 4.72 Å². The fourth-order valence-electron chi connectivity index (χ4n) is 2.02. The summed E-state index contributed by atoms with van der Waals surface area (Å²) in [6, 6.07) is 1.44. The molecule has 0 unspecified atom stereocenters. The normalized spacial score (nSPS) is 13.4. The Morgan fingerprint density at radius 2 is 1.73 bits per heavy atom. The lowest BCUT2D eigenvalue weighted by Crippen LogP contribution is -2.52. The zero-order valence-electron chi connectivity index (χ0n) is 12.2. The van der Waals surface area contributed by atoms with Crippen LogP contribution in [-0.2, 0) is 16.2 Å². The van der Waals surface area contributed by atoms with Crippen molar-refractivity contribution in [2.24, 2.45) is 5.73 Å². The summed E-state index contributed by atoms with van der Waals surface area (Å²) in [4.78, 5) is -1.01. The lowest BCUT2D eigenvalue weighted by atomic mass is 9.95. The van der Waals surface area contributed by atoms with E-state index in [1.807, 2.05) is 0 Å². The molecule has 0 radical (unpaired) electrons. The van der Waals surface area contributed by atoms with Gasteiger partial charge in [0, 0.05) is 12.1 Å². The first kappa shape index (κ1) is 18.9. The van der Waals surface area contributed by atoms with Gasteiger partial charge >= 0.3 is 6.18 Å². The molecule has 0 aromatic heterocycles. The number of alkyl halides is 3. The third-order valence-electron chi connectivity index (χ3n) is 3.63. The molecule has 1 aromatic rings. The van der Waals surface area contributed by atoms with Crippen molar-refractivity contribution < 1.29 is 26.0 Å². The molecule has 126 valence electrons. The molecule has 0 aliphatic heterocycles. The van der Waals surface area contributed by atoms with Gasteiger partial charge in [-0.05, 0) is 31.0 Å². The highest BCUT2D eigenvalue weighted by atomic mass is 32.2. The first-order valence-corrected chi connectivity index (χ1v) is 8.10. The molecule has 0 spiro atoms. The second-order valence-electron chi connectivity index (χ2n) is 4.94. The standard InChI is InChI=1S/C13H18F4N2O2S/c1-3-12(4-2,8-18)19-22(20,21)11-6-5-9(14)7-10(11)13(15,16)17/h5-7,19H,3-4,8,18H2,1-2H3. The van der Waals surface area contributed by atoms with E-state index in [-0.39, 0.29) is 12.6 Å². The molecule has 0 heterocycles. The molecule has 1 rings (SSSR count). The van der Waals surface area contributed by atoms with E-state index in [4.69, 9.17) is 5.73 Å². The number of nitrogens with one attached hydrogen (secondary N) is 1. The Hall–Kier alpha value is -1.19. The lowest BCUT2D eigenvalue weighted by molar-refractivity contribution is -0.140. The minimum Gasteiger partial charge on any atom is -0.329 e. The molecule has 22 heavy (non-hydrogen) atoms. The quantitative estimate of drug-likeness (QED) is 0.781. The Kier molecular flexibility index (Phi) is 5.58. The largest absolute Gasteiger partial charge is 0.417 e. The van der Waals surface area contributed by atoms with Crippen LogP contribution in [0.1, 0.15) is 32.3 Å². The zero-order valence-corrected chi connectivity index (χ0v) is 13.0. The molecular weight excluding hydrogens is 324 g/mol. The van der Waals surface area contributed by atoms with E-state index in [9.17, 15) is 26.0 Å². The lowest BCUT2D eigenvalue weighted by Gasteiger charge is -2.31. The zero-order chi connectivity index (χ0) is 17.2. The van der Waals surface area contributed by atoms with Gasteiger partial charge in [0.15, 0.2) is 0 Å². The summed E-state index contributed by atoms with van der Waals surface area (Å²) >= 11 is 0. The van der Waals surface area contributed by atoms with E-state index in [1.54, 1.807) is 13.8 Å². The first-order valence-electron chi connectivity index (χ1n) is 6.62. The van der Waals surface area contributed by atoms with Crippen LogP contribution >= 0.6 is 0 Å². The van der Waals surface area contributed by atoms with E-state index in [0.29, 0.717) is 25.0 Å². The highest BCUT2D eigenvalue weighted by Gasteiger charge is 2.39. The molecule has 0 aliphatic rings. The van der Waals surface area contributed by atoms with Gasteiger partial charge in [0.1, 0.15) is 5.82 Å². The van der Waals surface area contributed by atoms with Gasteiger partial charge in [-0.15, -0.1) is 0 Å². The van der Waals surface area contributed by atoms with Crippen LogP contribution in [0.25, 0.3) is 0 Å². The summed E-state index contributed by atoms with van der Waals surface area (Å²) in [6.45, 7) is 3.28. The molecule has 0 amide bonds. The van der Waals surface area contributed by atoms with Crippen molar-refractivity contribution in [3.05, 3.63) is 29.6 Å². The SMILES string of the molecule is CCC(CC)(CN)NS(=O)(=O)c1ccc(F)cc1C(F)(F)F. The minimum atomic E-state index is -4.99. The van der Waals surface area contributed by atoms with Gasteiger partial charge < -0.3 is 5.73 Å². The van der Waals surface area contributed by atoms with Crippen molar-refractivity contribution in [3.63, 3.8) is 0 Å². The highest BCUT2D eigenvalue weighted by Crippen LogP contribution is 2.35. The predicted octanol–water partition coefficient (Wildman–Crippen LogP) is 2.64. The fraction of sp³-hybridized carbons (Fsp3) is 0.538. The van der Waals surface area contributed by atoms with Crippen LogP contribution in [0.15, 0.2) is 23.1 Å². The summed E-state index contributed by atoms with van der Waals surface area (Å²) in [5.41, 5.74) is 2.96. The monoisotopic (exact) mass is 342 g/mol. The van der Waals surface area contributed by atoms with Crippen LogP contribution in [-0.4, -0.2) is 20.5 Å². The summed E-state index contributed by atoms with van der Waals surface area (Å²) in [6.07, 6.45) is -4.38. The smallest absolute Gasteiger partial charge is 0.329 e. The van der Waals surface area contributed by atoms with E-state index in [1.165, 1.54) is 0 Å². The number of rotatable bonds is 6. The highest BCUT2D eigenvalue weighted by molar-refractivity contribution is 7.89. The molecule has 3 N–H and O–H groups in total. The average molecular weight is 342 g/mol. The van der Waals surface area contributed by atoms with Gasteiger partial charge in [-0.2, -0.15) is 13.2 Å². The number of nitrogens with two attached hydrogens (primary N) is 1. The Morgan fingerprint density at radius 3 is 2.14 bits per heavy atom. The van der Waals surface area contributed by atoms with Gasteiger partial charge in [-0.25, -0.2) is 17.5 Å². The molecule has 0 bridgehead atoms. The predicted molar refractivity (Wildman–Crippen MR) is 74.1 cm³/mol. The number of sulfonamides is 1. The Balaban J connectivity index is 3.41. The van der Waals surface area contributed by atoms with Crippen molar-refractivity contribution in [2.75, 3.05) is 6.54 Å². The van der Waals surface area contributed by atoms with Gasteiger partial charge in [-0.3, -0.25) is 0 Å². The van der Waals surface area contributed by atoms with Crippen molar-refractivity contribution in [2.45, 2.75) is 43.3 Å². The molecule has 0 saturated carbocycles. The number of hydrogen-bond donors (Lipinski definition) is 2. The topological polar surface area (TPSA) is 72.2 Å². The van der Waals surface area contributed by atoms with Crippen LogP contribution in [0.5, 0.6) is 0 Å². The van der Waals surface area contributed by atoms with Gasteiger partial charge in [-0.1, -0.05) is 13.8 Å². The van der Waals surface area contributed by atoms with Gasteiger partial charge in [0.25, 0.3) is 0 Å². The third-order valence-corrected chi connectivity index (χ3v) is 5.27. The first-order chi connectivity index (χ1) is 10.0. The maximum atomic E-state index is 13.1. The second kappa shape index (κ2) is 6.51. The summed E-state index contributed by atoms with van der Waals surface area (Å²) in [5, 5.41) is 0. The molecular formula is C13H18F4N2O2S. The van der Waals surface area contributed by atoms with Crippen LogP contribution in [0.4, 0.5) is 17.6 Å². The van der Waals surface area contributed by atoms with Crippen LogP contribution in [0.3, 0.4) is 0 Å². The molecule has 1 aromatic carbocycles. The van der Waals surface area contributed by atoms with Crippen molar-refractivity contribution in [1.82, 2.24) is 4.72 Å². The van der Waals surface area contributed by atoms with E-state index >= 15 is 0 Å². The number of halogens is 4. The Morgan fingerprint density at radius 1 is 1.18 bits per heavy atom. The molecule has 9 heteroatoms. The second-order valence-corrected chi connectivity index (χ2v) is 6.59. The van der Waals surface area contributed by atoms with Crippen LogP contribution in [0.2, 0.25) is 0 Å². The molecule has 0 aliphatic carbocycles. The van der Waals surface area contributed by atoms with E-state index in [0.717, 1.165) is 0 Å². The Bertz CT molecular complexity index is 617. The Labute approximate surface area is 126 Å². The molecule has 0 atom stereocenters. The van der Waals surface area contributed by atoms with Crippen molar-refractivity contribution in [1.29, 1.82) is 0 Å².